The van der Waals surface area contributed by atoms with Crippen LogP contribution in [0.25, 0.3) is 10.6 Å². The van der Waals surface area contributed by atoms with Gasteiger partial charge in [0.25, 0.3) is 17.4 Å². The molecule has 3 heterocycles. The Bertz CT molecular complexity index is 1290. The summed E-state index contributed by atoms with van der Waals surface area (Å²) in [6.07, 6.45) is 2.09. The van der Waals surface area contributed by atoms with Crippen LogP contribution in [0.1, 0.15) is 55.4 Å². The lowest BCUT2D eigenvalue weighted by Gasteiger charge is -2.15. The van der Waals surface area contributed by atoms with Crippen molar-refractivity contribution in [1.82, 2.24) is 25.0 Å². The molecule has 2 aromatic heterocycles. The number of amides is 2. The van der Waals surface area contributed by atoms with Crippen molar-refractivity contribution < 1.29 is 9.59 Å². The monoisotopic (exact) mass is 465 g/mol. The van der Waals surface area contributed by atoms with E-state index in [0.29, 0.717) is 33.3 Å². The van der Waals surface area contributed by atoms with Crippen LogP contribution in [0.4, 0.5) is 0 Å². The van der Waals surface area contributed by atoms with Crippen LogP contribution in [0.3, 0.4) is 0 Å². The Kier molecular flexibility index (Phi) is 6.42. The van der Waals surface area contributed by atoms with Crippen molar-refractivity contribution in [3.05, 3.63) is 67.6 Å². The molecule has 2 amide bonds. The van der Waals surface area contributed by atoms with E-state index >= 15 is 0 Å². The van der Waals surface area contributed by atoms with Gasteiger partial charge in [0.15, 0.2) is 0 Å². The summed E-state index contributed by atoms with van der Waals surface area (Å²) in [5.74, 6) is -0.221. The minimum atomic E-state index is -0.257. The van der Waals surface area contributed by atoms with E-state index < -0.39 is 0 Å². The summed E-state index contributed by atoms with van der Waals surface area (Å²) in [6, 6.07) is 7.37. The zero-order valence-electron chi connectivity index (χ0n) is 19.3. The Hall–Kier alpha value is -3.33. The van der Waals surface area contributed by atoms with E-state index in [-0.39, 0.29) is 17.4 Å². The lowest BCUT2D eigenvalue weighted by atomic mass is 10.1. The maximum atomic E-state index is 12.9. The van der Waals surface area contributed by atoms with Gasteiger partial charge < -0.3 is 10.2 Å². The number of rotatable bonds is 5. The fourth-order valence-corrected chi connectivity index (χ4v) is 5.07. The topological polar surface area (TPSA) is 97.2 Å². The second kappa shape index (κ2) is 9.27. The molecule has 1 aliphatic heterocycles. The number of hydrogen-bond acceptors (Lipinski definition) is 6. The summed E-state index contributed by atoms with van der Waals surface area (Å²) in [5.41, 5.74) is 3.81. The van der Waals surface area contributed by atoms with Crippen LogP contribution < -0.4 is 10.9 Å². The molecule has 9 heteroatoms. The van der Waals surface area contributed by atoms with E-state index in [9.17, 15) is 14.4 Å². The molecule has 0 saturated carbocycles. The number of nitrogens with one attached hydrogen (secondary N) is 1. The van der Waals surface area contributed by atoms with Crippen molar-refractivity contribution in [2.75, 3.05) is 13.1 Å². The fourth-order valence-electron chi connectivity index (χ4n) is 3.99. The van der Waals surface area contributed by atoms with Crippen LogP contribution >= 0.6 is 11.3 Å². The first kappa shape index (κ1) is 22.8. The van der Waals surface area contributed by atoms with Crippen LogP contribution in [-0.4, -0.2) is 44.6 Å². The van der Waals surface area contributed by atoms with Crippen molar-refractivity contribution in [2.45, 2.75) is 40.2 Å². The van der Waals surface area contributed by atoms with Crippen molar-refractivity contribution in [3.8, 4) is 10.6 Å². The van der Waals surface area contributed by atoms with Gasteiger partial charge in [-0.2, -0.15) is 5.10 Å². The molecule has 0 radical (unpaired) electrons. The van der Waals surface area contributed by atoms with Crippen molar-refractivity contribution in [1.29, 1.82) is 0 Å². The molecule has 3 aromatic rings. The van der Waals surface area contributed by atoms with Crippen molar-refractivity contribution in [3.63, 3.8) is 0 Å². The zero-order chi connectivity index (χ0) is 23.7. The molecule has 0 spiro atoms. The highest BCUT2D eigenvalue weighted by Crippen LogP contribution is 2.28. The molecule has 8 nitrogen and oxygen atoms in total. The lowest BCUT2D eigenvalue weighted by molar-refractivity contribution is 0.0792. The molecular weight excluding hydrogens is 438 g/mol. The molecule has 1 aromatic carbocycles. The van der Waals surface area contributed by atoms with Crippen LogP contribution in [0.2, 0.25) is 0 Å². The third-order valence-electron chi connectivity index (χ3n) is 5.96. The predicted octanol–water partition coefficient (Wildman–Crippen LogP) is 3.00. The van der Waals surface area contributed by atoms with E-state index in [0.717, 1.165) is 42.8 Å². The van der Waals surface area contributed by atoms with Gasteiger partial charge in [0.2, 0.25) is 0 Å². The molecule has 4 rings (SSSR count). The second-order valence-corrected chi connectivity index (χ2v) is 9.33. The predicted molar refractivity (Wildman–Crippen MR) is 128 cm³/mol. The molecular formula is C24H27N5O3S. The molecule has 33 heavy (non-hydrogen) atoms. The summed E-state index contributed by atoms with van der Waals surface area (Å²) < 4.78 is 1.30. The maximum absolute atomic E-state index is 12.9. The quantitative estimate of drug-likeness (QED) is 0.625. The number of aromatic nitrogens is 3. The number of hydrogen-bond donors (Lipinski definition) is 1. The number of thiazole rings is 1. The van der Waals surface area contributed by atoms with Gasteiger partial charge in [-0.15, -0.1) is 11.3 Å². The van der Waals surface area contributed by atoms with Gasteiger partial charge in [0.1, 0.15) is 9.88 Å². The van der Waals surface area contributed by atoms with Gasteiger partial charge >= 0.3 is 0 Å². The minimum Gasteiger partial charge on any atom is -0.347 e. The first-order valence-corrected chi connectivity index (χ1v) is 11.8. The SMILES string of the molecule is Cc1nc(-c2c(C)c(C)nn(C)c2=O)sc1C(=O)NCc1cccc(C(=O)N2CCCC2)c1. The molecule has 1 fully saturated rings. The molecule has 0 unspecified atom stereocenters. The van der Waals surface area contributed by atoms with Crippen LogP contribution in [0.5, 0.6) is 0 Å². The Labute approximate surface area is 196 Å². The average molecular weight is 466 g/mol. The molecule has 0 bridgehead atoms. The average Bonchev–Trinajstić information content (AvgIpc) is 3.46. The van der Waals surface area contributed by atoms with Crippen LogP contribution in [0.15, 0.2) is 29.1 Å². The number of aryl methyl sites for hydroxylation is 3. The van der Waals surface area contributed by atoms with Crippen molar-refractivity contribution >= 4 is 23.2 Å². The molecule has 1 aliphatic rings. The van der Waals surface area contributed by atoms with E-state index in [1.54, 1.807) is 14.0 Å². The van der Waals surface area contributed by atoms with Gasteiger partial charge in [0, 0.05) is 32.2 Å². The Morgan fingerprint density at radius 2 is 1.85 bits per heavy atom. The third-order valence-corrected chi connectivity index (χ3v) is 7.14. The van der Waals surface area contributed by atoms with Gasteiger partial charge in [-0.25, -0.2) is 9.67 Å². The first-order chi connectivity index (χ1) is 15.8. The zero-order valence-corrected chi connectivity index (χ0v) is 20.1. The highest BCUT2D eigenvalue weighted by atomic mass is 32.1. The highest BCUT2D eigenvalue weighted by molar-refractivity contribution is 7.17. The Balaban J connectivity index is 1.51. The standard InChI is InChI=1S/C24H27N5O3S/c1-14-15(2)27-28(4)24(32)19(14)22-26-16(3)20(33-22)21(30)25-13-17-8-7-9-18(12-17)23(31)29-10-5-6-11-29/h7-9,12H,5-6,10-11,13H2,1-4H3,(H,25,30). The second-order valence-electron chi connectivity index (χ2n) is 8.33. The molecule has 0 aliphatic carbocycles. The molecule has 1 N–H and O–H groups in total. The molecule has 172 valence electrons. The number of carbonyl (C=O) groups is 2. The summed E-state index contributed by atoms with van der Waals surface area (Å²) >= 11 is 1.20. The fraction of sp³-hybridized carbons (Fsp3) is 0.375. The van der Waals surface area contributed by atoms with Gasteiger partial charge in [0.05, 0.1) is 17.0 Å². The lowest BCUT2D eigenvalue weighted by Crippen LogP contribution is -2.28. The van der Waals surface area contributed by atoms with E-state index in [4.69, 9.17) is 0 Å². The van der Waals surface area contributed by atoms with Crippen LogP contribution in [-0.2, 0) is 13.6 Å². The van der Waals surface area contributed by atoms with E-state index in [2.05, 4.69) is 15.4 Å². The normalized spacial score (nSPS) is 13.4. The summed E-state index contributed by atoms with van der Waals surface area (Å²) in [6.45, 7) is 7.33. The summed E-state index contributed by atoms with van der Waals surface area (Å²) in [4.78, 5) is 45.0. The summed E-state index contributed by atoms with van der Waals surface area (Å²) in [5, 5.41) is 7.64. The minimum absolute atomic E-state index is 0.0354. The largest absolute Gasteiger partial charge is 0.347 e. The summed E-state index contributed by atoms with van der Waals surface area (Å²) in [7, 11) is 1.61. The highest BCUT2D eigenvalue weighted by Gasteiger charge is 2.22. The third kappa shape index (κ3) is 4.59. The van der Waals surface area contributed by atoms with E-state index in [1.165, 1.54) is 16.0 Å². The molecule has 0 atom stereocenters. The maximum Gasteiger partial charge on any atom is 0.277 e. The number of carbonyl (C=O) groups excluding carboxylic acids is 2. The van der Waals surface area contributed by atoms with Crippen molar-refractivity contribution in [2.24, 2.45) is 7.05 Å². The number of benzene rings is 1. The Morgan fingerprint density at radius 3 is 2.58 bits per heavy atom. The van der Waals surface area contributed by atoms with Crippen LogP contribution in [0, 0.1) is 20.8 Å². The molecule has 1 saturated heterocycles. The van der Waals surface area contributed by atoms with Gasteiger partial charge in [-0.1, -0.05) is 12.1 Å². The van der Waals surface area contributed by atoms with Gasteiger partial charge in [-0.05, 0) is 56.9 Å². The van der Waals surface area contributed by atoms with E-state index in [1.807, 2.05) is 43.0 Å². The number of nitrogens with zero attached hydrogens (tertiary/aromatic N) is 4. The van der Waals surface area contributed by atoms with Gasteiger partial charge in [-0.3, -0.25) is 14.4 Å². The first-order valence-electron chi connectivity index (χ1n) is 10.9. The smallest absolute Gasteiger partial charge is 0.277 e. The number of likely N-dealkylation sites (tertiary alicyclic amines) is 1. The Morgan fingerprint density at radius 1 is 1.12 bits per heavy atom.